The van der Waals surface area contributed by atoms with Gasteiger partial charge in [0.2, 0.25) is 0 Å². The molecule has 0 saturated carbocycles. The number of hydrogen-bond donors (Lipinski definition) is 1. The van der Waals surface area contributed by atoms with E-state index in [4.69, 9.17) is 14.9 Å². The van der Waals surface area contributed by atoms with Crippen LogP contribution in [0.15, 0.2) is 34.7 Å². The minimum atomic E-state index is 0.0641. The molecule has 0 radical (unpaired) electrons. The molecule has 0 amide bonds. The van der Waals surface area contributed by atoms with Gasteiger partial charge in [0.25, 0.3) is 0 Å². The zero-order valence-corrected chi connectivity index (χ0v) is 10.7. The molecule has 2 heterocycles. The second-order valence-corrected chi connectivity index (χ2v) is 5.35. The molecule has 0 bridgehead atoms. The number of nitrogens with two attached hydrogens (primary N) is 1. The molecule has 3 nitrogen and oxygen atoms in total. The van der Waals surface area contributed by atoms with Crippen molar-refractivity contribution in [3.8, 4) is 17.1 Å². The van der Waals surface area contributed by atoms with E-state index in [9.17, 15) is 0 Å². The zero-order chi connectivity index (χ0) is 12.8. The summed E-state index contributed by atoms with van der Waals surface area (Å²) in [4.78, 5) is 0. The fourth-order valence-corrected chi connectivity index (χ4v) is 2.32. The topological polar surface area (TPSA) is 48.4 Å². The highest BCUT2D eigenvalue weighted by Crippen LogP contribution is 2.40. The lowest BCUT2D eigenvalue weighted by Crippen LogP contribution is -2.18. The number of hydrogen-bond acceptors (Lipinski definition) is 3. The van der Waals surface area contributed by atoms with Crippen LogP contribution in [0.2, 0.25) is 0 Å². The van der Waals surface area contributed by atoms with Gasteiger partial charge in [-0.05, 0) is 30.3 Å². The molecule has 0 aliphatic carbocycles. The van der Waals surface area contributed by atoms with Gasteiger partial charge >= 0.3 is 0 Å². The third-order valence-corrected chi connectivity index (χ3v) is 3.44. The average Bonchev–Trinajstić information content (AvgIpc) is 2.95. The van der Waals surface area contributed by atoms with Crippen LogP contribution in [-0.2, 0) is 12.0 Å². The van der Waals surface area contributed by atoms with E-state index in [1.807, 2.05) is 24.3 Å². The van der Waals surface area contributed by atoms with Gasteiger partial charge in [0.1, 0.15) is 17.3 Å². The Labute approximate surface area is 107 Å². The Morgan fingerprint density at radius 1 is 1.22 bits per heavy atom. The van der Waals surface area contributed by atoms with Crippen molar-refractivity contribution in [1.82, 2.24) is 0 Å². The first-order valence-corrected chi connectivity index (χ1v) is 6.17. The fraction of sp³-hybridized carbons (Fsp3) is 0.333. The SMILES string of the molecule is CC1(C)COc2ccc(-c3ccc(CN)o3)cc21. The van der Waals surface area contributed by atoms with E-state index in [0.717, 1.165) is 29.4 Å². The number of fused-ring (bicyclic) bond motifs is 1. The number of furan rings is 1. The van der Waals surface area contributed by atoms with Gasteiger partial charge in [0, 0.05) is 16.5 Å². The van der Waals surface area contributed by atoms with Gasteiger partial charge in [-0.3, -0.25) is 0 Å². The van der Waals surface area contributed by atoms with Gasteiger partial charge < -0.3 is 14.9 Å². The van der Waals surface area contributed by atoms with Crippen molar-refractivity contribution >= 4 is 0 Å². The monoisotopic (exact) mass is 243 g/mol. The largest absolute Gasteiger partial charge is 0.492 e. The zero-order valence-electron chi connectivity index (χ0n) is 10.7. The van der Waals surface area contributed by atoms with Crippen LogP contribution in [-0.4, -0.2) is 6.61 Å². The Balaban J connectivity index is 2.05. The molecule has 2 aromatic rings. The van der Waals surface area contributed by atoms with Gasteiger partial charge in [-0.15, -0.1) is 0 Å². The van der Waals surface area contributed by atoms with Crippen LogP contribution >= 0.6 is 0 Å². The van der Waals surface area contributed by atoms with Gasteiger partial charge in [0.05, 0.1) is 13.2 Å². The molecule has 3 heteroatoms. The smallest absolute Gasteiger partial charge is 0.134 e. The number of ether oxygens (including phenoxy) is 1. The molecule has 0 atom stereocenters. The first kappa shape index (κ1) is 11.4. The minimum absolute atomic E-state index is 0.0641. The molecule has 1 aromatic carbocycles. The summed E-state index contributed by atoms with van der Waals surface area (Å²) >= 11 is 0. The van der Waals surface area contributed by atoms with Crippen molar-refractivity contribution in [1.29, 1.82) is 0 Å². The van der Waals surface area contributed by atoms with Crippen molar-refractivity contribution in [2.45, 2.75) is 25.8 Å². The molecule has 94 valence electrons. The standard InChI is InChI=1S/C15H17NO2/c1-15(2)9-17-14-5-3-10(7-12(14)15)13-6-4-11(8-16)18-13/h3-7H,8-9,16H2,1-2H3. The van der Waals surface area contributed by atoms with E-state index in [0.29, 0.717) is 6.54 Å². The molecule has 0 saturated heterocycles. The van der Waals surface area contributed by atoms with Gasteiger partial charge in [-0.25, -0.2) is 0 Å². The summed E-state index contributed by atoms with van der Waals surface area (Å²) < 4.78 is 11.4. The van der Waals surface area contributed by atoms with Gasteiger partial charge in [-0.1, -0.05) is 13.8 Å². The normalized spacial score (nSPS) is 16.4. The van der Waals surface area contributed by atoms with Crippen LogP contribution in [0.5, 0.6) is 5.75 Å². The predicted molar refractivity (Wildman–Crippen MR) is 70.6 cm³/mol. The maximum Gasteiger partial charge on any atom is 0.134 e. The number of rotatable bonds is 2. The molecule has 1 aromatic heterocycles. The summed E-state index contributed by atoms with van der Waals surface area (Å²) in [6.45, 7) is 5.55. The molecular formula is C15H17NO2. The van der Waals surface area contributed by atoms with E-state index in [1.165, 1.54) is 5.56 Å². The third kappa shape index (κ3) is 1.71. The highest BCUT2D eigenvalue weighted by molar-refractivity contribution is 5.62. The van der Waals surface area contributed by atoms with Gasteiger partial charge in [-0.2, -0.15) is 0 Å². The second kappa shape index (κ2) is 3.89. The number of benzene rings is 1. The molecule has 18 heavy (non-hydrogen) atoms. The Morgan fingerprint density at radius 3 is 2.78 bits per heavy atom. The van der Waals surface area contributed by atoms with Crippen molar-refractivity contribution in [3.63, 3.8) is 0 Å². The summed E-state index contributed by atoms with van der Waals surface area (Å²) in [6, 6.07) is 10.1. The van der Waals surface area contributed by atoms with Crippen molar-refractivity contribution < 1.29 is 9.15 Å². The molecule has 3 rings (SSSR count). The van der Waals surface area contributed by atoms with Crippen LogP contribution in [0.25, 0.3) is 11.3 Å². The first-order valence-electron chi connectivity index (χ1n) is 6.17. The quantitative estimate of drug-likeness (QED) is 0.881. The predicted octanol–water partition coefficient (Wildman–Crippen LogP) is 3.08. The maximum atomic E-state index is 5.68. The van der Waals surface area contributed by atoms with E-state index >= 15 is 0 Å². The van der Waals surface area contributed by atoms with E-state index in [1.54, 1.807) is 0 Å². The molecule has 0 fully saturated rings. The summed E-state index contributed by atoms with van der Waals surface area (Å²) in [5.41, 5.74) is 7.94. The molecule has 2 N–H and O–H groups in total. The van der Waals surface area contributed by atoms with Crippen molar-refractivity contribution in [2.75, 3.05) is 6.61 Å². The molecule has 0 spiro atoms. The summed E-state index contributed by atoms with van der Waals surface area (Å²) in [5.74, 6) is 2.65. The minimum Gasteiger partial charge on any atom is -0.492 e. The Kier molecular flexibility index (Phi) is 2.45. The van der Waals surface area contributed by atoms with Gasteiger partial charge in [0.15, 0.2) is 0 Å². The lowest BCUT2D eigenvalue weighted by Gasteiger charge is -2.15. The first-order chi connectivity index (χ1) is 8.60. The highest BCUT2D eigenvalue weighted by Gasteiger charge is 2.32. The Hall–Kier alpha value is -1.74. The maximum absolute atomic E-state index is 5.68. The van der Waals surface area contributed by atoms with Crippen molar-refractivity contribution in [3.05, 3.63) is 41.7 Å². The Morgan fingerprint density at radius 2 is 2.06 bits per heavy atom. The average molecular weight is 243 g/mol. The fourth-order valence-electron chi connectivity index (χ4n) is 2.32. The van der Waals surface area contributed by atoms with E-state index in [2.05, 4.69) is 19.9 Å². The third-order valence-electron chi connectivity index (χ3n) is 3.44. The summed E-state index contributed by atoms with van der Waals surface area (Å²) in [7, 11) is 0. The molecule has 1 aliphatic rings. The highest BCUT2D eigenvalue weighted by atomic mass is 16.5. The van der Waals surface area contributed by atoms with Crippen LogP contribution in [0.1, 0.15) is 25.2 Å². The van der Waals surface area contributed by atoms with Crippen LogP contribution < -0.4 is 10.5 Å². The lowest BCUT2D eigenvalue weighted by molar-refractivity contribution is 0.291. The van der Waals surface area contributed by atoms with E-state index < -0.39 is 0 Å². The Bertz CT molecular complexity index is 584. The summed E-state index contributed by atoms with van der Waals surface area (Å²) in [5, 5.41) is 0. The van der Waals surface area contributed by atoms with Crippen molar-refractivity contribution in [2.24, 2.45) is 5.73 Å². The van der Waals surface area contributed by atoms with E-state index in [-0.39, 0.29) is 5.41 Å². The van der Waals surface area contributed by atoms with Crippen LogP contribution in [0.3, 0.4) is 0 Å². The van der Waals surface area contributed by atoms with Crippen LogP contribution in [0.4, 0.5) is 0 Å². The summed E-state index contributed by atoms with van der Waals surface area (Å²) in [6.07, 6.45) is 0. The molecular weight excluding hydrogens is 226 g/mol. The molecule has 0 unspecified atom stereocenters. The second-order valence-electron chi connectivity index (χ2n) is 5.35. The lowest BCUT2D eigenvalue weighted by atomic mass is 9.86. The molecule has 1 aliphatic heterocycles. The van der Waals surface area contributed by atoms with Crippen LogP contribution in [0, 0.1) is 0 Å².